The second-order valence-electron chi connectivity index (χ2n) is 9.46. The topological polar surface area (TPSA) is 122 Å². The lowest BCUT2D eigenvalue weighted by Gasteiger charge is -2.19. The molecular formula is C32H32ClN5O2. The van der Waals surface area contributed by atoms with E-state index in [2.05, 4.69) is 29.8 Å². The van der Waals surface area contributed by atoms with E-state index >= 15 is 0 Å². The highest BCUT2D eigenvalue weighted by Gasteiger charge is 2.15. The Morgan fingerprint density at radius 3 is 1.68 bits per heavy atom. The average Bonchev–Trinajstić information content (AvgIpc) is 2.96. The monoisotopic (exact) mass is 553 g/mol. The summed E-state index contributed by atoms with van der Waals surface area (Å²) in [6, 6.07) is 24.8. The van der Waals surface area contributed by atoms with E-state index in [0.717, 1.165) is 34.5 Å². The molecule has 4 aromatic rings. The Bertz CT molecular complexity index is 1560. The van der Waals surface area contributed by atoms with Crippen LogP contribution in [0, 0.1) is 6.92 Å². The van der Waals surface area contributed by atoms with Crippen LogP contribution in [-0.4, -0.2) is 11.8 Å². The lowest BCUT2D eigenvalue weighted by atomic mass is 10.0. The molecule has 0 radical (unpaired) electrons. The minimum Gasteiger partial charge on any atom is -0.399 e. The maximum atomic E-state index is 12.7. The van der Waals surface area contributed by atoms with Crippen LogP contribution in [-0.2, 0) is 0 Å². The van der Waals surface area contributed by atoms with Gasteiger partial charge >= 0.3 is 0 Å². The Hall–Kier alpha value is -4.75. The van der Waals surface area contributed by atoms with Crippen LogP contribution in [0.25, 0.3) is 5.70 Å². The summed E-state index contributed by atoms with van der Waals surface area (Å²) in [7, 11) is 0. The zero-order valence-corrected chi connectivity index (χ0v) is 23.4. The third-order valence-electron chi connectivity index (χ3n) is 6.63. The number of rotatable bonds is 8. The third kappa shape index (κ3) is 6.62. The number of carbonyl (C=O) groups is 2. The molecule has 0 unspecified atom stereocenters. The maximum Gasteiger partial charge on any atom is 0.255 e. The molecule has 0 aliphatic carbocycles. The van der Waals surface area contributed by atoms with Crippen LogP contribution in [0.15, 0.2) is 90.5 Å². The molecule has 0 spiro atoms. The van der Waals surface area contributed by atoms with Gasteiger partial charge in [0.25, 0.3) is 11.8 Å². The normalized spacial score (nSPS) is 11.4. The van der Waals surface area contributed by atoms with Gasteiger partial charge in [-0.05, 0) is 110 Å². The summed E-state index contributed by atoms with van der Waals surface area (Å²) >= 11 is 6.69. The van der Waals surface area contributed by atoms with Crippen molar-refractivity contribution >= 4 is 57.5 Å². The van der Waals surface area contributed by atoms with E-state index < -0.39 is 0 Å². The summed E-state index contributed by atoms with van der Waals surface area (Å²) in [6.07, 6.45) is 0.834. The molecule has 0 heterocycles. The number of hydrogen-bond acceptors (Lipinski definition) is 5. The van der Waals surface area contributed by atoms with Crippen molar-refractivity contribution in [3.8, 4) is 0 Å². The van der Waals surface area contributed by atoms with E-state index in [9.17, 15) is 9.59 Å². The molecule has 0 saturated carbocycles. The van der Waals surface area contributed by atoms with E-state index in [4.69, 9.17) is 23.1 Å². The van der Waals surface area contributed by atoms with Gasteiger partial charge in [-0.2, -0.15) is 0 Å². The Labute approximate surface area is 239 Å². The number of amides is 2. The molecule has 40 heavy (non-hydrogen) atoms. The number of nitrogens with one attached hydrogen (secondary N) is 3. The number of allylic oxidation sites excluding steroid dienone is 1. The summed E-state index contributed by atoms with van der Waals surface area (Å²) in [4.78, 5) is 25.3. The molecule has 7 nitrogen and oxygen atoms in total. The van der Waals surface area contributed by atoms with Crippen molar-refractivity contribution in [1.82, 2.24) is 0 Å². The third-order valence-corrected chi connectivity index (χ3v) is 7.12. The zero-order chi connectivity index (χ0) is 28.8. The van der Waals surface area contributed by atoms with Gasteiger partial charge in [-0.3, -0.25) is 9.59 Å². The van der Waals surface area contributed by atoms with E-state index in [1.165, 1.54) is 0 Å². The second-order valence-corrected chi connectivity index (χ2v) is 9.84. The largest absolute Gasteiger partial charge is 0.399 e. The van der Waals surface area contributed by atoms with Crippen LogP contribution in [0.5, 0.6) is 0 Å². The fourth-order valence-electron chi connectivity index (χ4n) is 4.04. The van der Waals surface area contributed by atoms with Gasteiger partial charge in [0.15, 0.2) is 0 Å². The number of nitrogens with two attached hydrogens (primary N) is 2. The zero-order valence-electron chi connectivity index (χ0n) is 22.6. The number of benzene rings is 4. The predicted octanol–water partition coefficient (Wildman–Crippen LogP) is 7.57. The van der Waals surface area contributed by atoms with Gasteiger partial charge < -0.3 is 27.4 Å². The van der Waals surface area contributed by atoms with Crippen LogP contribution in [0.4, 0.5) is 28.4 Å². The van der Waals surface area contributed by atoms with E-state index in [-0.39, 0.29) is 11.8 Å². The number of nitrogen functional groups attached to an aromatic ring is 2. The first-order valence-corrected chi connectivity index (χ1v) is 13.2. The minimum absolute atomic E-state index is 0.208. The number of anilines is 5. The quantitative estimate of drug-likeness (QED) is 0.144. The standard InChI is InChI=1S/C32H32ClN5O2/c1-4-19(2)30(21-9-15-26(16-10-21)36-31(39)22-5-11-24(34)12-6-22)37-27-17-18-28(29(33)20(27)3)38-32(40)23-7-13-25(35)14-8-23/h5-18,37H,4,34-35H2,1-3H3,(H,36,39)(H,38,40). The van der Waals surface area contributed by atoms with Crippen LogP contribution < -0.4 is 27.4 Å². The van der Waals surface area contributed by atoms with Crippen LogP contribution in [0.3, 0.4) is 0 Å². The van der Waals surface area contributed by atoms with Crippen molar-refractivity contribution in [3.05, 3.63) is 118 Å². The van der Waals surface area contributed by atoms with E-state index in [1.54, 1.807) is 54.6 Å². The van der Waals surface area contributed by atoms with E-state index in [1.807, 2.05) is 37.3 Å². The first-order chi connectivity index (χ1) is 19.2. The first kappa shape index (κ1) is 28.3. The minimum atomic E-state index is -0.270. The Kier molecular flexibility index (Phi) is 8.76. The molecule has 0 aliphatic heterocycles. The summed E-state index contributed by atoms with van der Waals surface area (Å²) in [5.74, 6) is -0.479. The van der Waals surface area contributed by atoms with Gasteiger partial charge in [0, 0.05) is 39.6 Å². The number of halogens is 1. The fraction of sp³-hybridized carbons (Fsp3) is 0.125. The molecule has 2 amide bonds. The summed E-state index contributed by atoms with van der Waals surface area (Å²) in [6.45, 7) is 6.06. The van der Waals surface area contributed by atoms with Crippen molar-refractivity contribution in [2.75, 3.05) is 27.4 Å². The smallest absolute Gasteiger partial charge is 0.255 e. The highest BCUT2D eigenvalue weighted by molar-refractivity contribution is 6.35. The molecule has 0 atom stereocenters. The average molecular weight is 554 g/mol. The van der Waals surface area contributed by atoms with Gasteiger partial charge in [-0.1, -0.05) is 30.7 Å². The molecule has 4 aromatic carbocycles. The highest BCUT2D eigenvalue weighted by Crippen LogP contribution is 2.34. The summed E-state index contributed by atoms with van der Waals surface area (Å²) in [5.41, 5.74) is 19.5. The van der Waals surface area contributed by atoms with Crippen LogP contribution in [0.1, 0.15) is 52.1 Å². The molecular weight excluding hydrogens is 522 g/mol. The Morgan fingerprint density at radius 2 is 1.15 bits per heavy atom. The lowest BCUT2D eigenvalue weighted by molar-refractivity contribution is 0.101. The Balaban J connectivity index is 1.51. The van der Waals surface area contributed by atoms with Crippen molar-refractivity contribution in [2.24, 2.45) is 0 Å². The van der Waals surface area contributed by atoms with Gasteiger partial charge in [0.05, 0.1) is 10.7 Å². The van der Waals surface area contributed by atoms with Crippen molar-refractivity contribution in [2.45, 2.75) is 27.2 Å². The van der Waals surface area contributed by atoms with E-state index in [0.29, 0.717) is 38.9 Å². The second kappa shape index (κ2) is 12.4. The molecule has 0 aliphatic rings. The predicted molar refractivity (Wildman–Crippen MR) is 167 cm³/mol. The molecule has 7 N–H and O–H groups in total. The molecule has 0 fully saturated rings. The van der Waals surface area contributed by atoms with Gasteiger partial charge in [0.1, 0.15) is 0 Å². The lowest BCUT2D eigenvalue weighted by Crippen LogP contribution is -2.13. The molecule has 4 rings (SSSR count). The molecule has 0 bridgehead atoms. The maximum absolute atomic E-state index is 12.7. The first-order valence-electron chi connectivity index (χ1n) is 12.9. The molecule has 0 saturated heterocycles. The SMILES string of the molecule is CCC(C)=C(Nc1ccc(NC(=O)c2ccc(N)cc2)c(Cl)c1C)c1ccc(NC(=O)c2ccc(N)cc2)cc1. The van der Waals surface area contributed by atoms with Crippen molar-refractivity contribution in [1.29, 1.82) is 0 Å². The molecule has 204 valence electrons. The fourth-order valence-corrected chi connectivity index (χ4v) is 4.25. The number of hydrogen-bond donors (Lipinski definition) is 5. The molecule has 0 aromatic heterocycles. The van der Waals surface area contributed by atoms with Crippen LogP contribution in [0.2, 0.25) is 5.02 Å². The van der Waals surface area contributed by atoms with Crippen molar-refractivity contribution in [3.63, 3.8) is 0 Å². The van der Waals surface area contributed by atoms with Crippen LogP contribution >= 0.6 is 11.6 Å². The Morgan fingerprint density at radius 1 is 0.675 bits per heavy atom. The van der Waals surface area contributed by atoms with Gasteiger partial charge in [-0.15, -0.1) is 0 Å². The number of carbonyl (C=O) groups excluding carboxylic acids is 2. The molecule has 8 heteroatoms. The summed E-state index contributed by atoms with van der Waals surface area (Å²) in [5, 5.41) is 9.77. The highest BCUT2D eigenvalue weighted by atomic mass is 35.5. The van der Waals surface area contributed by atoms with Gasteiger partial charge in [0.2, 0.25) is 0 Å². The van der Waals surface area contributed by atoms with Crippen molar-refractivity contribution < 1.29 is 9.59 Å². The summed E-state index contributed by atoms with van der Waals surface area (Å²) < 4.78 is 0. The van der Waals surface area contributed by atoms with Gasteiger partial charge in [-0.25, -0.2) is 0 Å².